The van der Waals surface area contributed by atoms with Crippen molar-refractivity contribution in [3.05, 3.63) is 0 Å². The van der Waals surface area contributed by atoms with Crippen molar-refractivity contribution in [1.29, 1.82) is 0 Å². The fourth-order valence-corrected chi connectivity index (χ4v) is 3.11. The first-order valence-corrected chi connectivity index (χ1v) is 4.80. The lowest BCUT2D eigenvalue weighted by Crippen LogP contribution is -2.63. The standard InChI is InChI=1S/C9H13NO4/c10-3-7-1-8(2-7,6(11)12)9(14-7)4-13-5-9/h1-5,10H2,(H,11,12). The second-order valence-corrected chi connectivity index (χ2v) is 4.72. The fourth-order valence-electron chi connectivity index (χ4n) is 3.11. The van der Waals surface area contributed by atoms with E-state index >= 15 is 0 Å². The van der Waals surface area contributed by atoms with E-state index in [-0.39, 0.29) is 5.60 Å². The first-order chi connectivity index (χ1) is 6.58. The average Bonchev–Trinajstić information content (AvgIpc) is 2.47. The first kappa shape index (κ1) is 8.64. The van der Waals surface area contributed by atoms with Crippen LogP contribution in [0, 0.1) is 5.41 Å². The highest BCUT2D eigenvalue weighted by atomic mass is 16.6. The molecule has 14 heavy (non-hydrogen) atoms. The fraction of sp³-hybridized carbons (Fsp3) is 0.889. The summed E-state index contributed by atoms with van der Waals surface area (Å²) in [7, 11) is 0. The molecule has 5 heteroatoms. The van der Waals surface area contributed by atoms with Gasteiger partial charge >= 0.3 is 5.97 Å². The van der Waals surface area contributed by atoms with E-state index in [9.17, 15) is 9.90 Å². The largest absolute Gasteiger partial charge is 0.481 e. The summed E-state index contributed by atoms with van der Waals surface area (Å²) in [5.41, 5.74) is 3.94. The number of nitrogens with two attached hydrogens (primary N) is 1. The topological polar surface area (TPSA) is 81.8 Å². The van der Waals surface area contributed by atoms with Crippen LogP contribution in [0.1, 0.15) is 12.8 Å². The van der Waals surface area contributed by atoms with Crippen LogP contribution >= 0.6 is 0 Å². The zero-order chi connectivity index (χ0) is 10.0. The second kappa shape index (κ2) is 2.13. The lowest BCUT2D eigenvalue weighted by Gasteiger charge is -2.47. The summed E-state index contributed by atoms with van der Waals surface area (Å²) in [5, 5.41) is 9.24. The molecule has 0 unspecified atom stereocenters. The molecule has 1 saturated carbocycles. The smallest absolute Gasteiger partial charge is 0.313 e. The molecule has 4 rings (SSSR count). The van der Waals surface area contributed by atoms with Gasteiger partial charge in [0.1, 0.15) is 11.0 Å². The molecule has 4 fully saturated rings. The molecule has 0 aromatic carbocycles. The molecule has 0 aromatic heterocycles. The van der Waals surface area contributed by atoms with E-state index in [1.165, 1.54) is 0 Å². The highest BCUT2D eigenvalue weighted by Crippen LogP contribution is 2.68. The number of ether oxygens (including phenoxy) is 2. The summed E-state index contributed by atoms with van der Waals surface area (Å²) >= 11 is 0. The minimum absolute atomic E-state index is 0.373. The van der Waals surface area contributed by atoms with Crippen LogP contribution in [0.15, 0.2) is 0 Å². The molecule has 4 aliphatic rings. The maximum Gasteiger partial charge on any atom is 0.313 e. The van der Waals surface area contributed by atoms with Gasteiger partial charge in [0, 0.05) is 6.54 Å². The quantitative estimate of drug-likeness (QED) is 0.617. The van der Waals surface area contributed by atoms with E-state index in [2.05, 4.69) is 0 Å². The normalized spacial score (nSPS) is 47.2. The highest BCUT2D eigenvalue weighted by Gasteiger charge is 2.80. The van der Waals surface area contributed by atoms with E-state index in [0.717, 1.165) is 0 Å². The number of carboxylic acids is 1. The Labute approximate surface area is 81.2 Å². The molecule has 3 saturated heterocycles. The Bertz CT molecular complexity index is 304. The number of carboxylic acid groups (broad SMARTS) is 1. The second-order valence-electron chi connectivity index (χ2n) is 4.72. The Morgan fingerprint density at radius 1 is 1.43 bits per heavy atom. The van der Waals surface area contributed by atoms with Crippen LogP contribution in [0.3, 0.4) is 0 Å². The van der Waals surface area contributed by atoms with E-state index < -0.39 is 17.0 Å². The maximum absolute atomic E-state index is 11.3. The van der Waals surface area contributed by atoms with Crippen LogP contribution in [0.2, 0.25) is 0 Å². The van der Waals surface area contributed by atoms with Crippen molar-refractivity contribution in [2.45, 2.75) is 24.0 Å². The summed E-state index contributed by atoms with van der Waals surface area (Å²) < 4.78 is 10.9. The minimum Gasteiger partial charge on any atom is -0.481 e. The Kier molecular flexibility index (Phi) is 1.31. The molecule has 78 valence electrons. The molecule has 3 aliphatic heterocycles. The molecule has 5 nitrogen and oxygen atoms in total. The van der Waals surface area contributed by atoms with Crippen molar-refractivity contribution in [2.24, 2.45) is 11.1 Å². The van der Waals surface area contributed by atoms with Crippen LogP contribution in [0.4, 0.5) is 0 Å². The summed E-state index contributed by atoms with van der Waals surface area (Å²) in [6, 6.07) is 0. The van der Waals surface area contributed by atoms with Gasteiger partial charge in [-0.05, 0) is 12.8 Å². The maximum atomic E-state index is 11.3. The van der Waals surface area contributed by atoms with Gasteiger partial charge in [-0.2, -0.15) is 0 Å². The Balaban J connectivity index is 1.98. The Morgan fingerprint density at radius 2 is 2.07 bits per heavy atom. The average molecular weight is 199 g/mol. The zero-order valence-electron chi connectivity index (χ0n) is 7.78. The van der Waals surface area contributed by atoms with Gasteiger partial charge in [0.15, 0.2) is 0 Å². The molecule has 0 atom stereocenters. The predicted octanol–water partition coefficient (Wildman–Crippen LogP) is -0.652. The molecule has 3 heterocycles. The Hall–Kier alpha value is -0.650. The van der Waals surface area contributed by atoms with E-state index in [1.807, 2.05) is 0 Å². The van der Waals surface area contributed by atoms with E-state index in [1.54, 1.807) is 0 Å². The molecule has 0 radical (unpaired) electrons. The zero-order valence-corrected chi connectivity index (χ0v) is 7.78. The van der Waals surface area contributed by atoms with Crippen molar-refractivity contribution in [3.8, 4) is 0 Å². The summed E-state index contributed by atoms with van der Waals surface area (Å²) in [5.74, 6) is -0.762. The Morgan fingerprint density at radius 3 is 2.36 bits per heavy atom. The summed E-state index contributed by atoms with van der Waals surface area (Å²) in [6.07, 6.45) is 1.10. The van der Waals surface area contributed by atoms with E-state index in [4.69, 9.17) is 15.2 Å². The van der Waals surface area contributed by atoms with Crippen molar-refractivity contribution < 1.29 is 19.4 Å². The molecule has 1 aliphatic carbocycles. The molecular formula is C9H13NO4. The van der Waals surface area contributed by atoms with Crippen LogP contribution in [0.5, 0.6) is 0 Å². The third-order valence-corrected chi connectivity index (χ3v) is 3.98. The van der Waals surface area contributed by atoms with Gasteiger partial charge in [-0.3, -0.25) is 4.79 Å². The van der Waals surface area contributed by atoms with Crippen LogP contribution in [-0.2, 0) is 14.3 Å². The van der Waals surface area contributed by atoms with Crippen LogP contribution < -0.4 is 5.73 Å². The van der Waals surface area contributed by atoms with Gasteiger partial charge < -0.3 is 20.3 Å². The van der Waals surface area contributed by atoms with Crippen molar-refractivity contribution >= 4 is 5.97 Å². The van der Waals surface area contributed by atoms with Crippen molar-refractivity contribution in [3.63, 3.8) is 0 Å². The molecule has 1 spiro atoms. The molecule has 0 aromatic rings. The summed E-state index contributed by atoms with van der Waals surface area (Å²) in [4.78, 5) is 11.3. The van der Waals surface area contributed by atoms with Gasteiger partial charge in [0.2, 0.25) is 0 Å². The lowest BCUT2D eigenvalue weighted by molar-refractivity contribution is -0.219. The third kappa shape index (κ3) is 0.647. The molecule has 2 bridgehead atoms. The van der Waals surface area contributed by atoms with Gasteiger partial charge in [-0.25, -0.2) is 0 Å². The number of hydrogen-bond acceptors (Lipinski definition) is 4. The molecular weight excluding hydrogens is 186 g/mol. The third-order valence-electron chi connectivity index (χ3n) is 3.98. The molecule has 0 amide bonds. The molecule has 3 N–H and O–H groups in total. The predicted molar refractivity (Wildman–Crippen MR) is 45.7 cm³/mol. The SMILES string of the molecule is NCC12CC(C(=O)O)(C1)C1(COC1)O2. The lowest BCUT2D eigenvalue weighted by atomic mass is 9.55. The van der Waals surface area contributed by atoms with E-state index in [0.29, 0.717) is 32.6 Å². The number of rotatable bonds is 2. The number of carbonyl (C=O) groups is 1. The summed E-state index contributed by atoms with van der Waals surface area (Å²) in [6.45, 7) is 1.21. The number of hydrogen-bond donors (Lipinski definition) is 2. The monoisotopic (exact) mass is 199 g/mol. The van der Waals surface area contributed by atoms with Crippen LogP contribution in [-0.4, -0.2) is 42.0 Å². The highest BCUT2D eigenvalue weighted by molar-refractivity contribution is 5.80. The number of aliphatic carboxylic acids is 1. The van der Waals surface area contributed by atoms with Gasteiger partial charge in [0.25, 0.3) is 0 Å². The van der Waals surface area contributed by atoms with Gasteiger partial charge in [-0.1, -0.05) is 0 Å². The van der Waals surface area contributed by atoms with Crippen molar-refractivity contribution in [1.82, 2.24) is 0 Å². The van der Waals surface area contributed by atoms with Crippen molar-refractivity contribution in [2.75, 3.05) is 19.8 Å². The van der Waals surface area contributed by atoms with Gasteiger partial charge in [-0.15, -0.1) is 0 Å². The minimum atomic E-state index is -0.762. The first-order valence-electron chi connectivity index (χ1n) is 4.80. The van der Waals surface area contributed by atoms with Gasteiger partial charge in [0.05, 0.1) is 18.8 Å². The van der Waals surface area contributed by atoms with Crippen LogP contribution in [0.25, 0.3) is 0 Å².